The summed E-state index contributed by atoms with van der Waals surface area (Å²) in [6.07, 6.45) is 6.56. The van der Waals surface area contributed by atoms with E-state index in [0.717, 1.165) is 5.69 Å². The Morgan fingerprint density at radius 3 is 2.17 bits per heavy atom. The molecule has 16 heteroatoms. The summed E-state index contributed by atoms with van der Waals surface area (Å²) in [5, 5.41) is 19.6. The van der Waals surface area contributed by atoms with Crippen LogP contribution in [0.25, 0.3) is 0 Å². The van der Waals surface area contributed by atoms with Crippen LogP contribution in [0.1, 0.15) is 48.0 Å². The number of likely N-dealkylation sites (tertiary alicyclic amines) is 1. The number of piperidine rings is 1. The third-order valence-electron chi connectivity index (χ3n) is 9.65. The van der Waals surface area contributed by atoms with Gasteiger partial charge in [-0.3, -0.25) is 19.4 Å². The van der Waals surface area contributed by atoms with Crippen LogP contribution >= 0.6 is 31.9 Å². The molecule has 3 heterocycles. The van der Waals surface area contributed by atoms with Gasteiger partial charge in [-0.05, 0) is 112 Å². The topological polar surface area (TPSA) is 199 Å². The molecule has 284 valence electrons. The fourth-order valence-electron chi connectivity index (χ4n) is 6.67. The quantitative estimate of drug-likeness (QED) is 0.131. The van der Waals surface area contributed by atoms with Gasteiger partial charge < -0.3 is 47.2 Å². The van der Waals surface area contributed by atoms with Crippen LogP contribution in [0.15, 0.2) is 69.9 Å². The number of anilines is 2. The largest absolute Gasteiger partial charge is 0.506 e. The first-order valence-corrected chi connectivity index (χ1v) is 19.4. The third-order valence-corrected chi connectivity index (χ3v) is 10.9. The number of phenolic OH excluding ortho intramolecular Hbond substituents is 1. The number of rotatable bonds is 14. The van der Waals surface area contributed by atoms with E-state index in [1.807, 2.05) is 18.2 Å². The maximum atomic E-state index is 14.1. The number of para-hydroxylation sites is 1. The van der Waals surface area contributed by atoms with E-state index < -0.39 is 29.9 Å². The number of aromatic nitrogens is 1. The molecule has 1 aromatic heterocycles. The Kier molecular flexibility index (Phi) is 14.3. The fraction of sp³-hybridized carbons (Fsp3) is 0.432. The van der Waals surface area contributed by atoms with Gasteiger partial charge in [-0.1, -0.05) is 12.1 Å². The van der Waals surface area contributed by atoms with Gasteiger partial charge in [0.1, 0.15) is 17.8 Å². The van der Waals surface area contributed by atoms with Crippen molar-refractivity contribution in [1.29, 1.82) is 0 Å². The fourth-order valence-corrected chi connectivity index (χ4v) is 7.96. The number of unbranched alkanes of at least 4 members (excludes halogenated alkanes) is 1. The summed E-state index contributed by atoms with van der Waals surface area (Å²) in [6.45, 7) is 3.58. The van der Waals surface area contributed by atoms with Crippen molar-refractivity contribution in [2.75, 3.05) is 56.0 Å². The molecule has 3 aromatic rings. The normalized spacial score (nSPS) is 16.1. The summed E-state index contributed by atoms with van der Waals surface area (Å²) in [7, 11) is 0. The first-order chi connectivity index (χ1) is 25.5. The number of nitrogens with two attached hydrogens (primary N) is 2. The lowest BCUT2D eigenvalue weighted by molar-refractivity contribution is -0.137. The van der Waals surface area contributed by atoms with Crippen LogP contribution in [-0.2, 0) is 16.0 Å². The molecule has 8 N–H and O–H groups in total. The Hall–Kier alpha value is -4.41. The van der Waals surface area contributed by atoms with Crippen molar-refractivity contribution in [2.45, 2.75) is 56.7 Å². The van der Waals surface area contributed by atoms with Crippen LogP contribution in [0.3, 0.4) is 0 Å². The molecule has 2 fully saturated rings. The van der Waals surface area contributed by atoms with Crippen LogP contribution in [0.5, 0.6) is 5.75 Å². The summed E-state index contributed by atoms with van der Waals surface area (Å²) in [5.74, 6) is -1.16. The second kappa shape index (κ2) is 19.1. The highest BCUT2D eigenvalue weighted by Gasteiger charge is 2.33. The Morgan fingerprint density at radius 2 is 1.53 bits per heavy atom. The number of piperazine rings is 1. The molecule has 0 unspecified atom stereocenters. The standard InChI is InChI=1S/C37H47Br2N9O5/c38-28-21-24(22-29(39)33(28)49)23-32(45-37(53)48-15-10-25(11-16-48)43-30-6-2-1-5-27(30)34(41)50)35(51)44-31(7-3-4-12-40)36(52)47-19-17-46(18-20-47)26-8-13-42-14-9-26/h1-2,5-6,8-9,13-14,21-22,25,31-32,43,49H,3-4,7,10-12,15-20,23,40H2,(H2,41,50)(H,44,51)(H,45,53)/t31-,32+/m0/s1. The van der Waals surface area contributed by atoms with Gasteiger partial charge in [-0.25, -0.2) is 4.79 Å². The van der Waals surface area contributed by atoms with Crippen molar-refractivity contribution in [1.82, 2.24) is 25.4 Å². The highest BCUT2D eigenvalue weighted by Crippen LogP contribution is 2.34. The van der Waals surface area contributed by atoms with Crippen molar-refractivity contribution in [3.8, 4) is 5.75 Å². The lowest BCUT2D eigenvalue weighted by atomic mass is 10.0. The Bertz CT molecular complexity index is 1710. The van der Waals surface area contributed by atoms with Gasteiger partial charge in [0, 0.05) is 75.5 Å². The number of hydrogen-bond acceptors (Lipinski definition) is 9. The molecule has 2 aliphatic rings. The lowest BCUT2D eigenvalue weighted by Gasteiger charge is -2.38. The molecule has 0 radical (unpaired) electrons. The van der Waals surface area contributed by atoms with Crippen LogP contribution < -0.4 is 32.3 Å². The molecule has 0 aliphatic carbocycles. The van der Waals surface area contributed by atoms with Crippen molar-refractivity contribution in [3.05, 3.63) is 81.0 Å². The maximum Gasteiger partial charge on any atom is 0.318 e. The van der Waals surface area contributed by atoms with Crippen LogP contribution in [0, 0.1) is 0 Å². The number of carbonyl (C=O) groups is 4. The number of carbonyl (C=O) groups excluding carboxylic acids is 4. The summed E-state index contributed by atoms with van der Waals surface area (Å²) < 4.78 is 0.862. The molecule has 0 spiro atoms. The smallest absolute Gasteiger partial charge is 0.318 e. The maximum absolute atomic E-state index is 14.1. The number of aromatic hydroxyl groups is 1. The molecule has 2 atom stereocenters. The minimum atomic E-state index is -1.03. The van der Waals surface area contributed by atoms with Crippen molar-refractivity contribution in [3.63, 3.8) is 0 Å². The summed E-state index contributed by atoms with van der Waals surface area (Å²) >= 11 is 6.72. The molecule has 5 amide bonds. The molecular formula is C37H47Br2N9O5. The van der Waals surface area contributed by atoms with Gasteiger partial charge >= 0.3 is 6.03 Å². The van der Waals surface area contributed by atoms with E-state index >= 15 is 0 Å². The van der Waals surface area contributed by atoms with Crippen LogP contribution in [-0.4, -0.2) is 108 Å². The molecule has 2 aliphatic heterocycles. The zero-order chi connectivity index (χ0) is 37.9. The van der Waals surface area contributed by atoms with E-state index in [9.17, 15) is 24.3 Å². The van der Waals surface area contributed by atoms with E-state index in [-0.39, 0.29) is 24.1 Å². The lowest BCUT2D eigenvalue weighted by Crippen LogP contribution is -2.59. The Balaban J connectivity index is 1.27. The number of primary amides is 1. The van der Waals surface area contributed by atoms with E-state index in [4.69, 9.17) is 11.5 Å². The number of pyridine rings is 1. The first kappa shape index (κ1) is 39.8. The summed E-state index contributed by atoms with van der Waals surface area (Å²) in [6, 6.07) is 12.1. The minimum absolute atomic E-state index is 0.0113. The first-order valence-electron chi connectivity index (χ1n) is 17.9. The number of urea groups is 1. The number of phenols is 1. The van der Waals surface area contributed by atoms with Gasteiger partial charge in [0.15, 0.2) is 0 Å². The van der Waals surface area contributed by atoms with E-state index in [1.165, 1.54) is 0 Å². The predicted octanol–water partition coefficient (Wildman–Crippen LogP) is 3.57. The predicted molar refractivity (Wildman–Crippen MR) is 211 cm³/mol. The Labute approximate surface area is 326 Å². The van der Waals surface area contributed by atoms with Gasteiger partial charge in [-0.15, -0.1) is 0 Å². The second-order valence-electron chi connectivity index (χ2n) is 13.3. The number of nitrogens with zero attached hydrogens (tertiary/aromatic N) is 4. The number of hydrogen-bond donors (Lipinski definition) is 6. The van der Waals surface area contributed by atoms with Crippen molar-refractivity contribution < 1.29 is 24.3 Å². The SMILES string of the molecule is NCCCC[C@H](NC(=O)[C@@H](Cc1cc(Br)c(O)c(Br)c1)NC(=O)N1CCC(Nc2ccccc2C(N)=O)CC1)C(=O)N1CCN(c2ccncc2)CC1. The molecule has 2 aromatic carbocycles. The molecule has 5 rings (SSSR count). The minimum Gasteiger partial charge on any atom is -0.506 e. The van der Waals surface area contributed by atoms with Gasteiger partial charge in [0.2, 0.25) is 11.8 Å². The van der Waals surface area contributed by atoms with Crippen LogP contribution in [0.2, 0.25) is 0 Å². The van der Waals surface area contributed by atoms with Crippen molar-refractivity contribution in [2.24, 2.45) is 11.5 Å². The van der Waals surface area contributed by atoms with Gasteiger partial charge in [0.25, 0.3) is 5.91 Å². The van der Waals surface area contributed by atoms with Crippen molar-refractivity contribution >= 4 is 67.0 Å². The highest BCUT2D eigenvalue weighted by molar-refractivity contribution is 9.11. The van der Waals surface area contributed by atoms with E-state index in [0.29, 0.717) is 104 Å². The summed E-state index contributed by atoms with van der Waals surface area (Å²) in [5.41, 5.74) is 14.1. The van der Waals surface area contributed by atoms with E-state index in [2.05, 4.69) is 57.7 Å². The zero-order valence-corrected chi connectivity index (χ0v) is 32.6. The molecule has 0 bridgehead atoms. The van der Waals surface area contributed by atoms with Crippen LogP contribution in [0.4, 0.5) is 16.2 Å². The molecular weight excluding hydrogens is 810 g/mol. The number of nitrogens with one attached hydrogen (secondary N) is 3. The number of benzene rings is 2. The monoisotopic (exact) mass is 855 g/mol. The zero-order valence-electron chi connectivity index (χ0n) is 29.5. The highest BCUT2D eigenvalue weighted by atomic mass is 79.9. The average molecular weight is 858 g/mol. The Morgan fingerprint density at radius 1 is 0.868 bits per heavy atom. The molecule has 53 heavy (non-hydrogen) atoms. The van der Waals surface area contributed by atoms with Gasteiger partial charge in [-0.2, -0.15) is 0 Å². The molecule has 2 saturated heterocycles. The summed E-state index contributed by atoms with van der Waals surface area (Å²) in [4.78, 5) is 63.4. The third kappa shape index (κ3) is 10.8. The molecule has 14 nitrogen and oxygen atoms in total. The van der Waals surface area contributed by atoms with Gasteiger partial charge in [0.05, 0.1) is 14.5 Å². The second-order valence-corrected chi connectivity index (χ2v) is 15.0. The number of halogens is 2. The average Bonchev–Trinajstić information content (AvgIpc) is 3.16. The molecule has 0 saturated carbocycles. The number of amides is 5. The van der Waals surface area contributed by atoms with E-state index in [1.54, 1.807) is 52.5 Å².